The molecule has 0 aliphatic heterocycles. The van der Waals surface area contributed by atoms with Crippen molar-refractivity contribution >= 4 is 16.8 Å². The van der Waals surface area contributed by atoms with E-state index in [0.29, 0.717) is 12.1 Å². The first-order valence-electron chi connectivity index (χ1n) is 3.46. The molecule has 0 aliphatic carbocycles. The second-order valence-electron chi connectivity index (χ2n) is 2.99. The summed E-state index contributed by atoms with van der Waals surface area (Å²) < 4.78 is 0. The molecule has 0 saturated carbocycles. The van der Waals surface area contributed by atoms with Crippen LogP contribution in [0.3, 0.4) is 0 Å². The number of carbonyl (C=O) groups excluding carboxylic acids is 1. The van der Waals surface area contributed by atoms with E-state index >= 15 is 0 Å². The summed E-state index contributed by atoms with van der Waals surface area (Å²) in [4.78, 5) is 12.7. The molecule has 0 unspecified atom stereocenters. The molecule has 0 spiro atoms. The van der Waals surface area contributed by atoms with Crippen LogP contribution < -0.4 is 0 Å². The lowest BCUT2D eigenvalue weighted by Crippen LogP contribution is -2.18. The molecular weight excluding hydrogens is 162 g/mol. The Morgan fingerprint density at radius 1 is 1.36 bits per heavy atom. The summed E-state index contributed by atoms with van der Waals surface area (Å²) in [7, 11) is 3.81. The first kappa shape index (κ1) is 10.7. The van der Waals surface area contributed by atoms with E-state index in [9.17, 15) is 4.79 Å². The predicted octanol–water partition coefficient (Wildman–Crippen LogP) is 1.65. The maximum atomic E-state index is 10.8. The minimum Gasteiger partial charge on any atom is -0.305 e. The minimum absolute atomic E-state index is 0.348. The minimum atomic E-state index is -0.348. The fourth-order valence-corrected chi connectivity index (χ4v) is 0.982. The maximum absolute atomic E-state index is 10.8. The Balaban J connectivity index is 4.39. The standard InChI is InChI=1S/C8H14ClNO/c1-6(2)7(8(9)11)5-10(3)4/h5H2,1-4H3. The zero-order valence-corrected chi connectivity index (χ0v) is 8.20. The Morgan fingerprint density at radius 3 is 1.91 bits per heavy atom. The highest BCUT2D eigenvalue weighted by Crippen LogP contribution is 2.07. The molecule has 0 aliphatic rings. The molecule has 0 rings (SSSR count). The average Bonchev–Trinajstić information content (AvgIpc) is 1.81. The van der Waals surface area contributed by atoms with E-state index in [1.165, 1.54) is 0 Å². The van der Waals surface area contributed by atoms with Crippen molar-refractivity contribution in [1.29, 1.82) is 0 Å². The molecule has 0 aromatic carbocycles. The van der Waals surface area contributed by atoms with E-state index < -0.39 is 0 Å². The van der Waals surface area contributed by atoms with Crippen LogP contribution in [0.15, 0.2) is 11.1 Å². The summed E-state index contributed by atoms with van der Waals surface area (Å²) in [5, 5.41) is -0.348. The van der Waals surface area contributed by atoms with Crippen molar-refractivity contribution in [1.82, 2.24) is 4.90 Å². The van der Waals surface area contributed by atoms with Gasteiger partial charge < -0.3 is 4.90 Å². The van der Waals surface area contributed by atoms with E-state index in [2.05, 4.69) is 0 Å². The lowest BCUT2D eigenvalue weighted by Gasteiger charge is -2.11. The summed E-state index contributed by atoms with van der Waals surface area (Å²) in [5.41, 5.74) is 1.68. The highest BCUT2D eigenvalue weighted by molar-refractivity contribution is 6.67. The predicted molar refractivity (Wildman–Crippen MR) is 47.8 cm³/mol. The topological polar surface area (TPSA) is 20.3 Å². The zero-order valence-electron chi connectivity index (χ0n) is 7.44. The summed E-state index contributed by atoms with van der Waals surface area (Å²) >= 11 is 5.36. The van der Waals surface area contributed by atoms with Crippen molar-refractivity contribution in [3.63, 3.8) is 0 Å². The molecule has 64 valence electrons. The van der Waals surface area contributed by atoms with Gasteiger partial charge in [-0.15, -0.1) is 0 Å². The van der Waals surface area contributed by atoms with Crippen LogP contribution in [-0.2, 0) is 4.79 Å². The first-order valence-corrected chi connectivity index (χ1v) is 3.84. The van der Waals surface area contributed by atoms with E-state index in [1.54, 1.807) is 0 Å². The van der Waals surface area contributed by atoms with Crippen LogP contribution in [-0.4, -0.2) is 30.8 Å². The Hall–Kier alpha value is -0.340. The second kappa shape index (κ2) is 4.52. The van der Waals surface area contributed by atoms with Gasteiger partial charge in [-0.1, -0.05) is 5.57 Å². The van der Waals surface area contributed by atoms with Gasteiger partial charge in [0.2, 0.25) is 5.24 Å². The summed E-state index contributed by atoms with van der Waals surface area (Å²) in [5.74, 6) is 0. The summed E-state index contributed by atoms with van der Waals surface area (Å²) in [6.45, 7) is 4.39. The smallest absolute Gasteiger partial charge is 0.249 e. The fourth-order valence-electron chi connectivity index (χ4n) is 0.733. The monoisotopic (exact) mass is 175 g/mol. The van der Waals surface area contributed by atoms with Gasteiger partial charge in [-0.05, 0) is 39.5 Å². The Morgan fingerprint density at radius 2 is 1.82 bits per heavy atom. The molecule has 2 nitrogen and oxygen atoms in total. The van der Waals surface area contributed by atoms with Crippen LogP contribution in [0.5, 0.6) is 0 Å². The van der Waals surface area contributed by atoms with Crippen LogP contribution >= 0.6 is 11.6 Å². The molecule has 0 amide bonds. The molecule has 0 aromatic heterocycles. The molecule has 0 heterocycles. The van der Waals surface area contributed by atoms with Gasteiger partial charge in [0.1, 0.15) is 0 Å². The molecule has 0 aromatic rings. The Kier molecular flexibility index (Phi) is 4.38. The van der Waals surface area contributed by atoms with Crippen molar-refractivity contribution < 1.29 is 4.79 Å². The molecule has 11 heavy (non-hydrogen) atoms. The highest BCUT2D eigenvalue weighted by Gasteiger charge is 2.08. The number of carbonyl (C=O) groups is 1. The molecule has 0 radical (unpaired) electrons. The van der Waals surface area contributed by atoms with Gasteiger partial charge in [0.15, 0.2) is 0 Å². The van der Waals surface area contributed by atoms with Gasteiger partial charge in [-0.2, -0.15) is 0 Å². The van der Waals surface area contributed by atoms with Crippen LogP contribution in [0.4, 0.5) is 0 Å². The lowest BCUT2D eigenvalue weighted by atomic mass is 10.1. The number of allylic oxidation sites excluding steroid dienone is 1. The average molecular weight is 176 g/mol. The SMILES string of the molecule is CC(C)=C(CN(C)C)C(=O)Cl. The van der Waals surface area contributed by atoms with Crippen molar-refractivity contribution in [3.8, 4) is 0 Å². The third-order valence-corrected chi connectivity index (χ3v) is 1.54. The van der Waals surface area contributed by atoms with Crippen molar-refractivity contribution in [3.05, 3.63) is 11.1 Å². The van der Waals surface area contributed by atoms with Gasteiger partial charge in [0.05, 0.1) is 0 Å². The number of nitrogens with zero attached hydrogens (tertiary/aromatic N) is 1. The van der Waals surface area contributed by atoms with Gasteiger partial charge in [-0.3, -0.25) is 4.79 Å². The first-order chi connectivity index (χ1) is 4.95. The number of rotatable bonds is 3. The van der Waals surface area contributed by atoms with Crippen LogP contribution in [0, 0.1) is 0 Å². The number of hydrogen-bond donors (Lipinski definition) is 0. The van der Waals surface area contributed by atoms with Gasteiger partial charge in [0, 0.05) is 12.1 Å². The molecule has 3 heteroatoms. The number of halogens is 1. The molecular formula is C8H14ClNO. The lowest BCUT2D eigenvalue weighted by molar-refractivity contribution is -0.108. The third-order valence-electron chi connectivity index (χ3n) is 1.32. The summed E-state index contributed by atoms with van der Waals surface area (Å²) in [6.07, 6.45) is 0. The van der Waals surface area contributed by atoms with Gasteiger partial charge in [-0.25, -0.2) is 0 Å². The van der Waals surface area contributed by atoms with Crippen LogP contribution in [0.25, 0.3) is 0 Å². The normalized spacial score (nSPS) is 10.0. The van der Waals surface area contributed by atoms with Crippen molar-refractivity contribution in [2.75, 3.05) is 20.6 Å². The molecule has 0 atom stereocenters. The van der Waals surface area contributed by atoms with Crippen molar-refractivity contribution in [2.45, 2.75) is 13.8 Å². The third kappa shape index (κ3) is 4.17. The van der Waals surface area contributed by atoms with Crippen LogP contribution in [0.1, 0.15) is 13.8 Å². The van der Waals surface area contributed by atoms with E-state index in [1.807, 2.05) is 32.8 Å². The number of likely N-dealkylation sites (N-methyl/N-ethyl adjacent to an activating group) is 1. The molecule has 0 N–H and O–H groups in total. The Labute approximate surface area is 72.8 Å². The second-order valence-corrected chi connectivity index (χ2v) is 3.33. The highest BCUT2D eigenvalue weighted by atomic mass is 35.5. The van der Waals surface area contributed by atoms with E-state index in [-0.39, 0.29) is 5.24 Å². The van der Waals surface area contributed by atoms with Gasteiger partial charge >= 0.3 is 0 Å². The molecule has 0 fully saturated rings. The largest absolute Gasteiger partial charge is 0.305 e. The molecule has 0 saturated heterocycles. The maximum Gasteiger partial charge on any atom is 0.249 e. The summed E-state index contributed by atoms with van der Waals surface area (Å²) in [6, 6.07) is 0. The van der Waals surface area contributed by atoms with E-state index in [4.69, 9.17) is 11.6 Å². The number of hydrogen-bond acceptors (Lipinski definition) is 2. The van der Waals surface area contributed by atoms with Crippen molar-refractivity contribution in [2.24, 2.45) is 0 Å². The van der Waals surface area contributed by atoms with E-state index in [0.717, 1.165) is 5.57 Å². The quantitative estimate of drug-likeness (QED) is 0.480. The zero-order chi connectivity index (χ0) is 9.02. The van der Waals surface area contributed by atoms with Crippen LogP contribution in [0.2, 0.25) is 0 Å². The fraction of sp³-hybridized carbons (Fsp3) is 0.625. The van der Waals surface area contributed by atoms with Gasteiger partial charge in [0.25, 0.3) is 0 Å². The Bertz CT molecular complexity index is 181. The molecule has 0 bridgehead atoms.